The van der Waals surface area contributed by atoms with Gasteiger partial charge in [0, 0.05) is 30.9 Å². The molecule has 3 rings (SSSR count). The number of hydrogen-bond donors (Lipinski definition) is 0. The number of carbonyl (C=O) groups is 1. The molecule has 0 bridgehead atoms. The van der Waals surface area contributed by atoms with Crippen LogP contribution in [0.2, 0.25) is 0 Å². The van der Waals surface area contributed by atoms with Gasteiger partial charge in [-0.3, -0.25) is 9.69 Å². The van der Waals surface area contributed by atoms with Gasteiger partial charge >= 0.3 is 0 Å². The zero-order chi connectivity index (χ0) is 18.7. The van der Waals surface area contributed by atoms with Crippen LogP contribution < -0.4 is 0 Å². The molecule has 1 aromatic carbocycles. The van der Waals surface area contributed by atoms with Gasteiger partial charge in [-0.1, -0.05) is 18.2 Å². The van der Waals surface area contributed by atoms with E-state index in [0.29, 0.717) is 0 Å². The largest absolute Gasteiger partial charge is 0.341 e. The first-order valence-electron chi connectivity index (χ1n) is 9.58. The number of nitrogens with zero attached hydrogens (tertiary/aromatic N) is 4. The highest BCUT2D eigenvalue weighted by molar-refractivity contribution is 5.81. The van der Waals surface area contributed by atoms with Crippen LogP contribution in [0.5, 0.6) is 0 Å². The number of piperidine rings is 1. The van der Waals surface area contributed by atoms with E-state index in [-0.39, 0.29) is 11.9 Å². The number of likely N-dealkylation sites (N-methyl/N-ethyl adjacent to an activating group) is 1. The fourth-order valence-electron chi connectivity index (χ4n) is 3.68. The van der Waals surface area contributed by atoms with Crippen molar-refractivity contribution in [3.8, 4) is 5.69 Å². The molecule has 5 nitrogen and oxygen atoms in total. The van der Waals surface area contributed by atoms with E-state index in [1.54, 1.807) is 0 Å². The minimum absolute atomic E-state index is 0.119. The molecule has 1 fully saturated rings. The van der Waals surface area contributed by atoms with Crippen LogP contribution >= 0.6 is 0 Å². The van der Waals surface area contributed by atoms with E-state index in [2.05, 4.69) is 24.0 Å². The van der Waals surface area contributed by atoms with Crippen LogP contribution in [0, 0.1) is 13.8 Å². The van der Waals surface area contributed by atoms with E-state index in [1.165, 1.54) is 12.0 Å². The first kappa shape index (κ1) is 18.6. The number of para-hydroxylation sites is 1. The average Bonchev–Trinajstić information content (AvgIpc) is 2.96. The molecule has 5 heteroatoms. The van der Waals surface area contributed by atoms with E-state index >= 15 is 0 Å². The highest BCUT2D eigenvalue weighted by Gasteiger charge is 2.26. The van der Waals surface area contributed by atoms with Gasteiger partial charge in [0.2, 0.25) is 5.91 Å². The second-order valence-corrected chi connectivity index (χ2v) is 7.37. The summed E-state index contributed by atoms with van der Waals surface area (Å²) in [5, 5.41) is 4.72. The normalized spacial score (nSPS) is 16.1. The topological polar surface area (TPSA) is 41.4 Å². The Labute approximate surface area is 156 Å². The molecule has 1 unspecified atom stereocenters. The molecule has 0 saturated carbocycles. The van der Waals surface area contributed by atoms with Gasteiger partial charge in [0.15, 0.2) is 0 Å². The SMILES string of the molecule is Cc1nn(-c2ccccc2)c(C)c1CN(C)C(C)C(=O)N1CCCCC1. The molecule has 1 atom stereocenters. The van der Waals surface area contributed by atoms with Crippen molar-refractivity contribution < 1.29 is 4.79 Å². The van der Waals surface area contributed by atoms with Crippen molar-refractivity contribution in [2.24, 2.45) is 0 Å². The van der Waals surface area contributed by atoms with Crippen LogP contribution in [0.3, 0.4) is 0 Å². The van der Waals surface area contributed by atoms with Crippen LogP contribution in [0.15, 0.2) is 30.3 Å². The standard InChI is InChI=1S/C21H30N4O/c1-16-20(17(2)25(22-16)19-11-7-5-8-12-19)15-23(4)18(3)21(26)24-13-9-6-10-14-24/h5,7-8,11-12,18H,6,9-10,13-15H2,1-4H3. The molecule has 1 aromatic heterocycles. The van der Waals surface area contributed by atoms with Crippen LogP contribution in [0.25, 0.3) is 5.69 Å². The molecule has 1 aliphatic rings. The number of rotatable bonds is 5. The molecule has 0 aliphatic carbocycles. The fraction of sp³-hybridized carbons (Fsp3) is 0.524. The van der Waals surface area contributed by atoms with E-state index in [0.717, 1.165) is 49.6 Å². The maximum atomic E-state index is 12.8. The molecular formula is C21H30N4O. The van der Waals surface area contributed by atoms with Gasteiger partial charge in [-0.05, 0) is 59.2 Å². The van der Waals surface area contributed by atoms with Crippen molar-refractivity contribution in [3.63, 3.8) is 0 Å². The minimum Gasteiger partial charge on any atom is -0.341 e. The molecule has 0 N–H and O–H groups in total. The second-order valence-electron chi connectivity index (χ2n) is 7.37. The Kier molecular flexibility index (Phi) is 5.77. The number of aromatic nitrogens is 2. The monoisotopic (exact) mass is 354 g/mol. The molecule has 2 aromatic rings. The maximum absolute atomic E-state index is 12.8. The number of benzene rings is 1. The minimum atomic E-state index is -0.119. The van der Waals surface area contributed by atoms with Crippen molar-refractivity contribution in [3.05, 3.63) is 47.3 Å². The van der Waals surface area contributed by atoms with Crippen LogP contribution in [-0.4, -0.2) is 51.7 Å². The Morgan fingerprint density at radius 2 is 1.81 bits per heavy atom. The Bertz CT molecular complexity index is 747. The lowest BCUT2D eigenvalue weighted by molar-refractivity contribution is -0.137. The lowest BCUT2D eigenvalue weighted by Crippen LogP contribution is -2.47. The highest BCUT2D eigenvalue weighted by Crippen LogP contribution is 2.20. The third-order valence-corrected chi connectivity index (χ3v) is 5.54. The van der Waals surface area contributed by atoms with E-state index in [1.807, 2.05) is 48.7 Å². The summed E-state index contributed by atoms with van der Waals surface area (Å²) in [7, 11) is 2.03. The van der Waals surface area contributed by atoms with E-state index < -0.39 is 0 Å². The second kappa shape index (κ2) is 8.04. The molecule has 0 radical (unpaired) electrons. The van der Waals surface area contributed by atoms with Gasteiger partial charge < -0.3 is 4.90 Å². The predicted octanol–water partition coefficient (Wildman–Crippen LogP) is 3.32. The van der Waals surface area contributed by atoms with Crippen LogP contribution in [0.1, 0.15) is 43.1 Å². The lowest BCUT2D eigenvalue weighted by Gasteiger charge is -2.32. The predicted molar refractivity (Wildman–Crippen MR) is 104 cm³/mol. The zero-order valence-corrected chi connectivity index (χ0v) is 16.4. The maximum Gasteiger partial charge on any atom is 0.239 e. The fourth-order valence-corrected chi connectivity index (χ4v) is 3.68. The summed E-state index contributed by atoms with van der Waals surface area (Å²) < 4.78 is 2.00. The van der Waals surface area contributed by atoms with Gasteiger partial charge in [0.05, 0.1) is 17.4 Å². The van der Waals surface area contributed by atoms with Gasteiger partial charge in [0.25, 0.3) is 0 Å². The quantitative estimate of drug-likeness (QED) is 0.827. The molecule has 2 heterocycles. The molecule has 0 spiro atoms. The number of amides is 1. The first-order chi connectivity index (χ1) is 12.5. The summed E-state index contributed by atoms with van der Waals surface area (Å²) in [5.74, 6) is 0.248. The summed E-state index contributed by atoms with van der Waals surface area (Å²) >= 11 is 0. The van der Waals surface area contributed by atoms with Gasteiger partial charge in [-0.25, -0.2) is 4.68 Å². The van der Waals surface area contributed by atoms with Crippen LogP contribution in [-0.2, 0) is 11.3 Å². The van der Waals surface area contributed by atoms with Crippen LogP contribution in [0.4, 0.5) is 0 Å². The Morgan fingerprint density at radius 3 is 2.46 bits per heavy atom. The summed E-state index contributed by atoms with van der Waals surface area (Å²) in [4.78, 5) is 17.0. The van der Waals surface area contributed by atoms with Crippen molar-refractivity contribution in [2.45, 2.75) is 52.6 Å². The molecule has 26 heavy (non-hydrogen) atoms. The third-order valence-electron chi connectivity index (χ3n) is 5.54. The van der Waals surface area contributed by atoms with Crippen molar-refractivity contribution in [2.75, 3.05) is 20.1 Å². The number of carbonyl (C=O) groups excluding carboxylic acids is 1. The van der Waals surface area contributed by atoms with Crippen molar-refractivity contribution >= 4 is 5.91 Å². The van der Waals surface area contributed by atoms with Gasteiger partial charge in [-0.2, -0.15) is 5.10 Å². The molecule has 1 aliphatic heterocycles. The zero-order valence-electron chi connectivity index (χ0n) is 16.4. The Morgan fingerprint density at radius 1 is 1.15 bits per heavy atom. The third kappa shape index (κ3) is 3.83. The lowest BCUT2D eigenvalue weighted by atomic mass is 10.1. The molecule has 1 amide bonds. The summed E-state index contributed by atoms with van der Waals surface area (Å²) in [5.41, 5.74) is 4.43. The van der Waals surface area contributed by atoms with E-state index in [4.69, 9.17) is 5.10 Å². The number of aryl methyl sites for hydroxylation is 1. The van der Waals surface area contributed by atoms with E-state index in [9.17, 15) is 4.79 Å². The number of likely N-dealkylation sites (tertiary alicyclic amines) is 1. The van der Waals surface area contributed by atoms with Crippen molar-refractivity contribution in [1.29, 1.82) is 0 Å². The van der Waals surface area contributed by atoms with Gasteiger partial charge in [-0.15, -0.1) is 0 Å². The van der Waals surface area contributed by atoms with Gasteiger partial charge in [0.1, 0.15) is 0 Å². The number of hydrogen-bond acceptors (Lipinski definition) is 3. The Balaban J connectivity index is 1.74. The summed E-state index contributed by atoms with van der Waals surface area (Å²) in [6.45, 7) is 8.70. The molecule has 1 saturated heterocycles. The average molecular weight is 354 g/mol. The first-order valence-corrected chi connectivity index (χ1v) is 9.58. The highest BCUT2D eigenvalue weighted by atomic mass is 16.2. The molecular weight excluding hydrogens is 324 g/mol. The Hall–Kier alpha value is -2.14. The summed E-state index contributed by atoms with van der Waals surface area (Å²) in [6, 6.07) is 10.1. The summed E-state index contributed by atoms with van der Waals surface area (Å²) in [6.07, 6.45) is 3.50. The smallest absolute Gasteiger partial charge is 0.239 e. The van der Waals surface area contributed by atoms with Crippen molar-refractivity contribution in [1.82, 2.24) is 19.6 Å². The molecule has 140 valence electrons.